The molecule has 0 bridgehead atoms. The lowest BCUT2D eigenvalue weighted by Gasteiger charge is -2.15. The van der Waals surface area contributed by atoms with Gasteiger partial charge in [0.05, 0.1) is 12.3 Å². The first-order chi connectivity index (χ1) is 11.6. The van der Waals surface area contributed by atoms with Gasteiger partial charge in [-0.2, -0.15) is 13.2 Å². The summed E-state index contributed by atoms with van der Waals surface area (Å²) in [6.45, 7) is 0.241. The van der Waals surface area contributed by atoms with Crippen LogP contribution in [0, 0.1) is 5.82 Å². The number of nitrogens with zero attached hydrogens (tertiary/aromatic N) is 2. The van der Waals surface area contributed by atoms with Crippen molar-refractivity contribution in [3.05, 3.63) is 61.1 Å². The van der Waals surface area contributed by atoms with Crippen molar-refractivity contribution in [3.8, 4) is 5.69 Å². The van der Waals surface area contributed by atoms with Crippen molar-refractivity contribution >= 4 is 11.6 Å². The fourth-order valence-corrected chi connectivity index (χ4v) is 2.52. The van der Waals surface area contributed by atoms with E-state index in [9.17, 15) is 27.2 Å². The van der Waals surface area contributed by atoms with Crippen LogP contribution in [0.5, 0.6) is 0 Å². The van der Waals surface area contributed by atoms with Crippen LogP contribution in [0.4, 0.5) is 17.6 Å². The standard InChI is InChI=1S/C15H13ClF4N2O3/c1-21-12(15(18,19)20)7-13(23)22(14(21)24)11-5-8(3-4-25-2)9(16)6-10(11)17/h5-7H,3-4H2,1-2H3. The predicted octanol–water partition coefficient (Wildman–Crippen LogP) is 2.54. The van der Waals surface area contributed by atoms with Crippen LogP contribution in [-0.2, 0) is 24.4 Å². The molecular formula is C15H13ClF4N2O3. The molecule has 0 unspecified atom stereocenters. The van der Waals surface area contributed by atoms with Gasteiger partial charge in [0.15, 0.2) is 0 Å². The van der Waals surface area contributed by atoms with Crippen LogP contribution in [-0.4, -0.2) is 22.9 Å². The van der Waals surface area contributed by atoms with E-state index >= 15 is 0 Å². The summed E-state index contributed by atoms with van der Waals surface area (Å²) >= 11 is 5.91. The molecule has 0 amide bonds. The molecule has 5 nitrogen and oxygen atoms in total. The van der Waals surface area contributed by atoms with E-state index in [1.165, 1.54) is 7.11 Å². The van der Waals surface area contributed by atoms with Crippen LogP contribution in [0.3, 0.4) is 0 Å². The van der Waals surface area contributed by atoms with Crippen molar-refractivity contribution in [1.82, 2.24) is 9.13 Å². The summed E-state index contributed by atoms with van der Waals surface area (Å²) in [4.78, 5) is 24.3. The Labute approximate surface area is 144 Å². The van der Waals surface area contributed by atoms with Crippen LogP contribution in [0.15, 0.2) is 27.8 Å². The normalized spacial score (nSPS) is 11.8. The Kier molecular flexibility index (Phi) is 5.38. The number of hydrogen-bond acceptors (Lipinski definition) is 3. The monoisotopic (exact) mass is 380 g/mol. The molecule has 0 spiro atoms. The zero-order valence-corrected chi connectivity index (χ0v) is 13.9. The quantitative estimate of drug-likeness (QED) is 0.766. The predicted molar refractivity (Wildman–Crippen MR) is 82.8 cm³/mol. The molecule has 1 aromatic heterocycles. The van der Waals surface area contributed by atoms with Gasteiger partial charge in [-0.3, -0.25) is 9.36 Å². The molecule has 2 aromatic rings. The van der Waals surface area contributed by atoms with Gasteiger partial charge in [-0.25, -0.2) is 13.8 Å². The molecule has 0 aliphatic rings. The fourth-order valence-electron chi connectivity index (χ4n) is 2.28. The van der Waals surface area contributed by atoms with Crippen molar-refractivity contribution in [3.63, 3.8) is 0 Å². The first-order valence-electron chi connectivity index (χ1n) is 6.95. The number of aromatic nitrogens is 2. The lowest BCUT2D eigenvalue weighted by atomic mass is 10.1. The van der Waals surface area contributed by atoms with Gasteiger partial charge in [0.1, 0.15) is 11.5 Å². The molecule has 0 aliphatic carbocycles. The first-order valence-corrected chi connectivity index (χ1v) is 7.33. The SMILES string of the molecule is COCCc1cc(-n2c(=O)cc(C(F)(F)F)n(C)c2=O)c(F)cc1Cl. The minimum Gasteiger partial charge on any atom is -0.384 e. The molecule has 2 rings (SSSR count). The van der Waals surface area contributed by atoms with Gasteiger partial charge >= 0.3 is 11.9 Å². The number of benzene rings is 1. The van der Waals surface area contributed by atoms with E-state index in [1.807, 2.05) is 0 Å². The van der Waals surface area contributed by atoms with E-state index in [1.54, 1.807) is 0 Å². The molecule has 10 heteroatoms. The second-order valence-corrected chi connectivity index (χ2v) is 5.59. The summed E-state index contributed by atoms with van der Waals surface area (Å²) in [5.74, 6) is -1.01. The smallest absolute Gasteiger partial charge is 0.384 e. The molecule has 0 radical (unpaired) electrons. The average molecular weight is 381 g/mol. The molecule has 1 heterocycles. The highest BCUT2D eigenvalue weighted by atomic mass is 35.5. The van der Waals surface area contributed by atoms with Gasteiger partial charge in [0.2, 0.25) is 0 Å². The summed E-state index contributed by atoms with van der Waals surface area (Å²) < 4.78 is 58.3. The Hall–Kier alpha value is -2.13. The number of halogens is 5. The number of alkyl halides is 3. The molecule has 136 valence electrons. The molecule has 25 heavy (non-hydrogen) atoms. The maximum Gasteiger partial charge on any atom is 0.431 e. The zero-order chi connectivity index (χ0) is 18.9. The highest BCUT2D eigenvalue weighted by molar-refractivity contribution is 6.31. The van der Waals surface area contributed by atoms with Crippen molar-refractivity contribution in [2.24, 2.45) is 7.05 Å². The summed E-state index contributed by atoms with van der Waals surface area (Å²) in [7, 11) is 2.29. The van der Waals surface area contributed by atoms with E-state index < -0.39 is 34.6 Å². The molecule has 0 saturated heterocycles. The second kappa shape index (κ2) is 7.01. The third-order valence-corrected chi connectivity index (χ3v) is 3.89. The summed E-state index contributed by atoms with van der Waals surface area (Å²) in [5, 5.41) is 0.0510. The summed E-state index contributed by atoms with van der Waals surface area (Å²) in [5.41, 5.74) is -4.13. The molecule has 0 atom stereocenters. The van der Waals surface area contributed by atoms with E-state index in [4.69, 9.17) is 16.3 Å². The lowest BCUT2D eigenvalue weighted by Crippen LogP contribution is -2.41. The van der Waals surface area contributed by atoms with E-state index in [-0.39, 0.29) is 28.7 Å². The number of methoxy groups -OCH3 is 1. The van der Waals surface area contributed by atoms with Gasteiger partial charge in [0, 0.05) is 25.2 Å². The van der Waals surface area contributed by atoms with Gasteiger partial charge < -0.3 is 4.74 Å². The highest BCUT2D eigenvalue weighted by Crippen LogP contribution is 2.27. The minimum atomic E-state index is -4.89. The Morgan fingerprint density at radius 1 is 1.20 bits per heavy atom. The average Bonchev–Trinajstić information content (AvgIpc) is 2.50. The van der Waals surface area contributed by atoms with Crippen LogP contribution >= 0.6 is 11.6 Å². The number of hydrogen-bond donors (Lipinski definition) is 0. The van der Waals surface area contributed by atoms with Gasteiger partial charge in [-0.1, -0.05) is 11.6 Å². The van der Waals surface area contributed by atoms with Crippen molar-refractivity contribution < 1.29 is 22.3 Å². The number of ether oxygens (including phenoxy) is 1. The summed E-state index contributed by atoms with van der Waals surface area (Å²) in [6, 6.07) is 2.28. The second-order valence-electron chi connectivity index (χ2n) is 5.18. The Balaban J connectivity index is 2.73. The van der Waals surface area contributed by atoms with E-state index in [0.717, 1.165) is 19.2 Å². The van der Waals surface area contributed by atoms with Crippen LogP contribution in [0.1, 0.15) is 11.3 Å². The minimum absolute atomic E-state index is 0.0510. The molecule has 1 aromatic carbocycles. The molecular weight excluding hydrogens is 368 g/mol. The van der Waals surface area contributed by atoms with Crippen molar-refractivity contribution in [2.75, 3.05) is 13.7 Å². The van der Waals surface area contributed by atoms with Crippen LogP contribution in [0.25, 0.3) is 5.69 Å². The zero-order valence-electron chi connectivity index (χ0n) is 13.2. The van der Waals surface area contributed by atoms with Gasteiger partial charge in [-0.05, 0) is 24.1 Å². The topological polar surface area (TPSA) is 53.2 Å². The largest absolute Gasteiger partial charge is 0.431 e. The molecule has 0 N–H and O–H groups in total. The van der Waals surface area contributed by atoms with Crippen molar-refractivity contribution in [1.29, 1.82) is 0 Å². The van der Waals surface area contributed by atoms with E-state index in [2.05, 4.69) is 0 Å². The Morgan fingerprint density at radius 3 is 2.40 bits per heavy atom. The van der Waals surface area contributed by atoms with E-state index in [0.29, 0.717) is 10.1 Å². The highest BCUT2D eigenvalue weighted by Gasteiger charge is 2.35. The maximum absolute atomic E-state index is 14.2. The molecule has 0 aliphatic heterocycles. The van der Waals surface area contributed by atoms with Crippen LogP contribution in [0.2, 0.25) is 5.02 Å². The third kappa shape index (κ3) is 3.77. The lowest BCUT2D eigenvalue weighted by molar-refractivity contribution is -0.144. The fraction of sp³-hybridized carbons (Fsp3) is 0.333. The molecule has 0 fully saturated rings. The van der Waals surface area contributed by atoms with Crippen molar-refractivity contribution in [2.45, 2.75) is 12.6 Å². The van der Waals surface area contributed by atoms with Crippen LogP contribution < -0.4 is 11.2 Å². The Bertz CT molecular complexity index is 919. The first kappa shape index (κ1) is 19.2. The summed E-state index contributed by atoms with van der Waals surface area (Å²) in [6.07, 6.45) is -4.63. The third-order valence-electron chi connectivity index (χ3n) is 3.54. The maximum atomic E-state index is 14.2. The molecule has 0 saturated carbocycles. The van der Waals surface area contributed by atoms with Gasteiger partial charge in [0.25, 0.3) is 5.56 Å². The number of rotatable bonds is 4. The Morgan fingerprint density at radius 2 is 1.84 bits per heavy atom. The van der Waals surface area contributed by atoms with Gasteiger partial charge in [-0.15, -0.1) is 0 Å².